The van der Waals surface area contributed by atoms with E-state index in [9.17, 15) is 34.4 Å². The third-order valence-corrected chi connectivity index (χ3v) is 11.5. The topological polar surface area (TPSA) is 181 Å². The minimum absolute atomic E-state index is 0.0730. The summed E-state index contributed by atoms with van der Waals surface area (Å²) in [4.78, 5) is 37.8. The van der Waals surface area contributed by atoms with Crippen LogP contribution in [0.5, 0.6) is 0 Å². The number of quaternary nitrogens is 1. The summed E-state index contributed by atoms with van der Waals surface area (Å²) in [7, 11) is 1.02. The molecule has 1 heterocycles. The Hall–Kier alpha value is -1.67. The summed E-state index contributed by atoms with van der Waals surface area (Å²) in [5.74, 6) is -1.33. The third kappa shape index (κ3) is 31.8. The molecular weight excluding hydrogens is 777 g/mol. The molecule has 2 unspecified atom stereocenters. The maximum atomic E-state index is 12.7. The van der Waals surface area contributed by atoms with Crippen LogP contribution in [0.3, 0.4) is 0 Å². The number of rotatable bonds is 37. The highest BCUT2D eigenvalue weighted by molar-refractivity contribution is 7.45. The summed E-state index contributed by atoms with van der Waals surface area (Å²) in [6, 6.07) is 0. The summed E-state index contributed by atoms with van der Waals surface area (Å²) in [6.45, 7) is 3.81. The molecule has 0 spiro atoms. The third-order valence-electron chi connectivity index (χ3n) is 10.5. The largest absolute Gasteiger partial charge is 0.756 e. The minimum Gasteiger partial charge on any atom is -0.756 e. The number of phosphoric acid groups is 1. The van der Waals surface area contributed by atoms with E-state index in [1.165, 1.54) is 64.2 Å². The van der Waals surface area contributed by atoms with Crippen LogP contribution in [0.15, 0.2) is 24.3 Å². The lowest BCUT2D eigenvalue weighted by Crippen LogP contribution is -2.43. The van der Waals surface area contributed by atoms with Crippen molar-refractivity contribution < 1.29 is 62.1 Å². The second-order valence-corrected chi connectivity index (χ2v) is 18.7. The fraction of sp³-hybridized carbons (Fsp3) is 0.867. The number of carbonyl (C=O) groups is 2. The molecule has 0 aromatic carbocycles. The fourth-order valence-electron chi connectivity index (χ4n) is 6.81. The molecule has 7 atom stereocenters. The summed E-state index contributed by atoms with van der Waals surface area (Å²) < 4.78 is 39.5. The van der Waals surface area contributed by atoms with Gasteiger partial charge in [0.05, 0.1) is 46.1 Å². The number of nitrogens with zero attached hydrogens (tertiary/aromatic N) is 1. The Morgan fingerprint density at radius 2 is 1.37 bits per heavy atom. The fourth-order valence-corrected chi connectivity index (χ4v) is 7.54. The number of unbranched alkanes of at least 4 members (excludes halogenated alkanes) is 16. The highest BCUT2D eigenvalue weighted by Gasteiger charge is 2.35. The molecule has 0 aromatic rings. The Morgan fingerprint density at radius 1 is 0.797 bits per heavy atom. The van der Waals surface area contributed by atoms with E-state index in [-0.39, 0.29) is 38.4 Å². The molecule has 13 nitrogen and oxygen atoms in total. The molecule has 1 aliphatic rings. The Morgan fingerprint density at radius 3 is 1.98 bits per heavy atom. The molecule has 0 amide bonds. The lowest BCUT2D eigenvalue weighted by molar-refractivity contribution is -0.870. The molecule has 0 radical (unpaired) electrons. The summed E-state index contributed by atoms with van der Waals surface area (Å²) >= 11 is 0. The Bertz CT molecular complexity index is 1180. The molecule has 1 rings (SSSR count). The molecule has 0 bridgehead atoms. The van der Waals surface area contributed by atoms with Gasteiger partial charge in [-0.1, -0.05) is 141 Å². The number of hydrogen-bond acceptors (Lipinski definition) is 12. The number of allylic oxidation sites excluding steroid dienone is 2. The van der Waals surface area contributed by atoms with Crippen molar-refractivity contribution in [3.8, 4) is 0 Å². The van der Waals surface area contributed by atoms with Gasteiger partial charge in [0.25, 0.3) is 7.82 Å². The molecule has 59 heavy (non-hydrogen) atoms. The van der Waals surface area contributed by atoms with Gasteiger partial charge in [-0.2, -0.15) is 0 Å². The standard InChI is InChI=1S/C45H84NO12P/c1-6-8-10-11-12-13-14-15-16-17-18-19-20-26-30-44(50)57-39(37-56-59(52,53)55-34-33-46(3,4)5)36-54-43(49)29-25-22-21-24-28-40-41(48)35-45(51)58-42(40)32-31-38(47)27-23-9-7-2/h21,24,31-32,38-42,45,47-48,51H,6-20,22-23,25-30,33-37H2,1-5H3/b24-21-,32-31+/t38-,39+,40-,41-,42+,45?/m0/s1. The molecule has 346 valence electrons. The zero-order valence-electron chi connectivity index (χ0n) is 37.5. The van der Waals surface area contributed by atoms with E-state index < -0.39 is 57.1 Å². The monoisotopic (exact) mass is 862 g/mol. The first-order valence-corrected chi connectivity index (χ1v) is 24.4. The molecule has 1 fully saturated rings. The lowest BCUT2D eigenvalue weighted by Gasteiger charge is -2.36. The van der Waals surface area contributed by atoms with E-state index in [1.54, 1.807) is 12.2 Å². The van der Waals surface area contributed by atoms with Crippen LogP contribution in [0.4, 0.5) is 0 Å². The van der Waals surface area contributed by atoms with Gasteiger partial charge in [0.15, 0.2) is 12.4 Å². The van der Waals surface area contributed by atoms with Crippen molar-refractivity contribution in [3.05, 3.63) is 24.3 Å². The van der Waals surface area contributed by atoms with Crippen molar-refractivity contribution in [1.82, 2.24) is 0 Å². The molecule has 1 aliphatic heterocycles. The van der Waals surface area contributed by atoms with Crippen molar-refractivity contribution >= 4 is 19.8 Å². The maximum absolute atomic E-state index is 12.7. The molecule has 0 aliphatic carbocycles. The summed E-state index contributed by atoms with van der Waals surface area (Å²) in [5.41, 5.74) is 0. The average molecular weight is 862 g/mol. The van der Waals surface area contributed by atoms with Crippen LogP contribution in [-0.2, 0) is 37.4 Å². The van der Waals surface area contributed by atoms with E-state index in [0.717, 1.165) is 38.5 Å². The Balaban J connectivity index is 2.52. The number of aliphatic hydroxyl groups is 3. The van der Waals surface area contributed by atoms with Gasteiger partial charge in [0, 0.05) is 25.2 Å². The van der Waals surface area contributed by atoms with Crippen LogP contribution in [-0.4, -0.2) is 110 Å². The van der Waals surface area contributed by atoms with Gasteiger partial charge in [0.1, 0.15) is 19.8 Å². The van der Waals surface area contributed by atoms with Gasteiger partial charge >= 0.3 is 11.9 Å². The van der Waals surface area contributed by atoms with Gasteiger partial charge in [0.2, 0.25) is 0 Å². The van der Waals surface area contributed by atoms with E-state index in [0.29, 0.717) is 43.1 Å². The minimum atomic E-state index is -4.69. The number of likely N-dealkylation sites (N-methyl/N-ethyl adjacent to an activating group) is 1. The smallest absolute Gasteiger partial charge is 0.306 e. The van der Waals surface area contributed by atoms with Gasteiger partial charge in [-0.15, -0.1) is 0 Å². The summed E-state index contributed by atoms with van der Waals surface area (Å²) in [6.07, 6.45) is 25.4. The average Bonchev–Trinajstić information content (AvgIpc) is 3.16. The van der Waals surface area contributed by atoms with Crippen molar-refractivity contribution in [2.24, 2.45) is 5.92 Å². The zero-order chi connectivity index (χ0) is 43.8. The molecule has 14 heteroatoms. The van der Waals surface area contributed by atoms with E-state index in [4.69, 9.17) is 23.3 Å². The molecular formula is C45H84NO12P. The lowest BCUT2D eigenvalue weighted by atomic mass is 9.87. The van der Waals surface area contributed by atoms with E-state index in [1.807, 2.05) is 33.3 Å². The van der Waals surface area contributed by atoms with Crippen molar-refractivity contribution in [1.29, 1.82) is 0 Å². The second-order valence-electron chi connectivity index (χ2n) is 17.3. The van der Waals surface area contributed by atoms with Gasteiger partial charge in [-0.25, -0.2) is 0 Å². The Labute approximate surface area is 357 Å². The first-order valence-electron chi connectivity index (χ1n) is 22.9. The molecule has 0 saturated carbocycles. The van der Waals surface area contributed by atoms with Crippen molar-refractivity contribution in [3.63, 3.8) is 0 Å². The summed E-state index contributed by atoms with van der Waals surface area (Å²) in [5, 5.41) is 31.0. The number of carbonyl (C=O) groups excluding carboxylic acids is 2. The Kier molecular flexibility index (Phi) is 31.8. The molecule has 1 saturated heterocycles. The highest BCUT2D eigenvalue weighted by Crippen LogP contribution is 2.38. The molecule has 3 N–H and O–H groups in total. The van der Waals surface area contributed by atoms with Crippen LogP contribution in [0.1, 0.15) is 168 Å². The van der Waals surface area contributed by atoms with Crippen LogP contribution < -0.4 is 4.89 Å². The van der Waals surface area contributed by atoms with Crippen molar-refractivity contribution in [2.75, 3.05) is 47.5 Å². The first kappa shape index (κ1) is 55.3. The quantitative estimate of drug-likeness (QED) is 0.0179. The number of phosphoric ester groups is 1. The highest BCUT2D eigenvalue weighted by atomic mass is 31.2. The number of hydrogen-bond donors (Lipinski definition) is 3. The number of ether oxygens (including phenoxy) is 3. The van der Waals surface area contributed by atoms with E-state index >= 15 is 0 Å². The SMILES string of the molecule is CCCCCCCCCCCCCCCCC(=O)O[C@H](COC(=O)CCC/C=C\C[C@H]1[C@@H](O)CC(O)O[C@@H]1/C=C/[C@@H](O)CCCCC)COP(=O)([O-])OCC[N+](C)(C)C. The normalized spacial score (nSPS) is 20.8. The van der Waals surface area contributed by atoms with Crippen LogP contribution in [0.25, 0.3) is 0 Å². The van der Waals surface area contributed by atoms with Crippen molar-refractivity contribution in [2.45, 2.75) is 199 Å². The van der Waals surface area contributed by atoms with Gasteiger partial charge < -0.3 is 48.0 Å². The maximum Gasteiger partial charge on any atom is 0.306 e. The molecule has 0 aromatic heterocycles. The van der Waals surface area contributed by atoms with E-state index in [2.05, 4.69) is 13.8 Å². The predicted molar refractivity (Wildman–Crippen MR) is 230 cm³/mol. The predicted octanol–water partition coefficient (Wildman–Crippen LogP) is 8.22. The van der Waals surface area contributed by atoms with Crippen LogP contribution in [0, 0.1) is 5.92 Å². The van der Waals surface area contributed by atoms with Crippen LogP contribution >= 0.6 is 7.82 Å². The number of aliphatic hydroxyl groups excluding tert-OH is 3. The number of esters is 2. The zero-order valence-corrected chi connectivity index (χ0v) is 38.4. The van der Waals surface area contributed by atoms with Gasteiger partial charge in [-0.3, -0.25) is 14.2 Å². The first-order chi connectivity index (χ1) is 28.2. The second kappa shape index (κ2) is 33.9. The van der Waals surface area contributed by atoms with Gasteiger partial charge in [-0.05, 0) is 32.1 Å². The van der Waals surface area contributed by atoms with Crippen LogP contribution in [0.2, 0.25) is 0 Å².